The molecule has 6 rings (SSSR count). The Morgan fingerprint density at radius 3 is 2.37 bits per heavy atom. The van der Waals surface area contributed by atoms with Crippen LogP contribution >= 0.6 is 0 Å². The molecular weight excluding hydrogens is 653 g/mol. The summed E-state index contributed by atoms with van der Waals surface area (Å²) >= 11 is 0. The van der Waals surface area contributed by atoms with Crippen molar-refractivity contribution in [2.24, 2.45) is 5.92 Å². The molecule has 2 aromatic carbocycles. The Balaban J connectivity index is 1.01. The Labute approximate surface area is 308 Å². The Morgan fingerprint density at radius 1 is 0.981 bits per heavy atom. The first-order valence-corrected chi connectivity index (χ1v) is 19.2. The number of anilines is 1. The fourth-order valence-corrected chi connectivity index (χ4v) is 7.46. The number of carbonyl (C=O) groups excluding carboxylic acids is 2. The summed E-state index contributed by atoms with van der Waals surface area (Å²) < 4.78 is 7.51. The molecule has 0 radical (unpaired) electrons. The molecule has 1 unspecified atom stereocenters. The second-order valence-corrected chi connectivity index (χ2v) is 14.6. The summed E-state index contributed by atoms with van der Waals surface area (Å²) in [5.41, 5.74) is 8.48. The summed E-state index contributed by atoms with van der Waals surface area (Å²) in [7, 11) is 0. The smallest absolute Gasteiger partial charge is 0.220 e. The molecular formula is C41H56N8O3. The average molecular weight is 709 g/mol. The highest BCUT2D eigenvalue weighted by molar-refractivity contribution is 5.92. The zero-order valence-corrected chi connectivity index (χ0v) is 31.3. The van der Waals surface area contributed by atoms with Crippen LogP contribution in [0.5, 0.6) is 0 Å². The third-order valence-corrected chi connectivity index (χ3v) is 10.2. The number of rotatable bonds is 15. The van der Waals surface area contributed by atoms with Crippen molar-refractivity contribution in [1.82, 2.24) is 35.6 Å². The summed E-state index contributed by atoms with van der Waals surface area (Å²) in [6, 6.07) is 17.9. The number of pyridine rings is 1. The molecule has 0 aliphatic carbocycles. The Morgan fingerprint density at radius 2 is 1.67 bits per heavy atom. The molecule has 2 aliphatic rings. The quantitative estimate of drug-likeness (QED) is 0.129. The lowest BCUT2D eigenvalue weighted by molar-refractivity contribution is -0.124. The lowest BCUT2D eigenvalue weighted by Crippen LogP contribution is -2.48. The number of nitrogens with one attached hydrogen (secondary N) is 4. The Bertz CT molecular complexity index is 1820. The molecule has 0 saturated carbocycles. The summed E-state index contributed by atoms with van der Waals surface area (Å²) in [5, 5.41) is 19.1. The van der Waals surface area contributed by atoms with E-state index in [9.17, 15) is 9.59 Å². The minimum absolute atomic E-state index is 0.0586. The Hall–Kier alpha value is -4.32. The van der Waals surface area contributed by atoms with Crippen molar-refractivity contribution in [3.8, 4) is 11.1 Å². The number of piperazine rings is 1. The van der Waals surface area contributed by atoms with E-state index < -0.39 is 0 Å². The summed E-state index contributed by atoms with van der Waals surface area (Å²) in [5.74, 6) is -0.247. The van der Waals surface area contributed by atoms with Gasteiger partial charge in [0.1, 0.15) is 0 Å². The van der Waals surface area contributed by atoms with Crippen LogP contribution in [0.2, 0.25) is 0 Å². The molecule has 11 nitrogen and oxygen atoms in total. The molecule has 4 heterocycles. The predicted molar refractivity (Wildman–Crippen MR) is 207 cm³/mol. The van der Waals surface area contributed by atoms with E-state index in [1.165, 1.54) is 11.1 Å². The van der Waals surface area contributed by atoms with E-state index in [0.717, 1.165) is 104 Å². The fourth-order valence-electron chi connectivity index (χ4n) is 7.46. The van der Waals surface area contributed by atoms with E-state index in [-0.39, 0.29) is 36.6 Å². The maximum absolute atomic E-state index is 13.2. The molecule has 0 spiro atoms. The first kappa shape index (κ1) is 37.4. The number of aromatic nitrogens is 3. The molecule has 2 saturated heterocycles. The van der Waals surface area contributed by atoms with Gasteiger partial charge in [-0.2, -0.15) is 5.10 Å². The van der Waals surface area contributed by atoms with E-state index in [1.807, 2.05) is 29.9 Å². The lowest BCUT2D eigenvalue weighted by Gasteiger charge is -2.31. The molecule has 278 valence electrons. The van der Waals surface area contributed by atoms with Crippen LogP contribution in [0.4, 0.5) is 5.69 Å². The maximum atomic E-state index is 13.2. The van der Waals surface area contributed by atoms with Gasteiger partial charge in [0.25, 0.3) is 0 Å². The molecule has 52 heavy (non-hydrogen) atoms. The predicted octanol–water partition coefficient (Wildman–Crippen LogP) is 5.41. The first-order chi connectivity index (χ1) is 25.3. The number of aryl methyl sites for hydroxylation is 2. The Kier molecular flexibility index (Phi) is 12.9. The van der Waals surface area contributed by atoms with Gasteiger partial charge in [0.2, 0.25) is 11.8 Å². The molecule has 2 atom stereocenters. The lowest BCUT2D eigenvalue weighted by atomic mass is 10.00. The number of ether oxygens (including phenoxy) is 1. The van der Waals surface area contributed by atoms with Crippen LogP contribution in [0.3, 0.4) is 0 Å². The molecule has 2 amide bonds. The van der Waals surface area contributed by atoms with E-state index in [1.54, 1.807) is 0 Å². The second kappa shape index (κ2) is 17.9. The largest absolute Gasteiger partial charge is 0.381 e. The summed E-state index contributed by atoms with van der Waals surface area (Å²) in [4.78, 5) is 33.7. The number of hydrogen-bond donors (Lipinski definition) is 4. The van der Waals surface area contributed by atoms with Gasteiger partial charge in [-0.1, -0.05) is 50.2 Å². The highest BCUT2D eigenvalue weighted by Gasteiger charge is 2.23. The topological polar surface area (TPSA) is 125 Å². The van der Waals surface area contributed by atoms with Crippen LogP contribution in [-0.2, 0) is 46.9 Å². The highest BCUT2D eigenvalue weighted by atomic mass is 16.5. The number of fused-ring (bicyclic) bond motifs is 1. The van der Waals surface area contributed by atoms with E-state index in [4.69, 9.17) is 9.72 Å². The van der Waals surface area contributed by atoms with Crippen LogP contribution in [0.1, 0.15) is 75.8 Å². The minimum Gasteiger partial charge on any atom is -0.381 e. The molecule has 4 aromatic rings. The fraction of sp³-hybridized carbons (Fsp3) is 0.512. The van der Waals surface area contributed by atoms with Gasteiger partial charge in [-0.05, 0) is 73.4 Å². The summed E-state index contributed by atoms with van der Waals surface area (Å²) in [6.45, 7) is 15.4. The van der Waals surface area contributed by atoms with E-state index in [2.05, 4.69) is 88.4 Å². The van der Waals surface area contributed by atoms with Gasteiger partial charge in [0.05, 0.1) is 17.3 Å². The normalized spacial score (nSPS) is 17.6. The van der Waals surface area contributed by atoms with Crippen molar-refractivity contribution in [3.05, 3.63) is 77.1 Å². The van der Waals surface area contributed by atoms with Crippen LogP contribution in [0.25, 0.3) is 22.2 Å². The van der Waals surface area contributed by atoms with Crippen molar-refractivity contribution in [1.29, 1.82) is 0 Å². The van der Waals surface area contributed by atoms with Crippen molar-refractivity contribution < 1.29 is 14.3 Å². The van der Waals surface area contributed by atoms with Gasteiger partial charge in [-0.3, -0.25) is 14.5 Å². The molecule has 2 aliphatic heterocycles. The van der Waals surface area contributed by atoms with E-state index in [0.29, 0.717) is 19.1 Å². The number of nitrogens with zero attached hydrogens (tertiary/aromatic N) is 4. The van der Waals surface area contributed by atoms with Crippen LogP contribution in [-0.4, -0.2) is 76.4 Å². The van der Waals surface area contributed by atoms with Crippen LogP contribution in [0.15, 0.2) is 54.7 Å². The van der Waals surface area contributed by atoms with Gasteiger partial charge in [0, 0.05) is 95.2 Å². The van der Waals surface area contributed by atoms with Crippen LogP contribution < -0.4 is 21.3 Å². The van der Waals surface area contributed by atoms with Crippen LogP contribution in [0, 0.1) is 5.92 Å². The molecule has 2 aromatic heterocycles. The number of hydrogen-bond acceptors (Lipinski definition) is 8. The second-order valence-electron chi connectivity index (χ2n) is 14.6. The van der Waals surface area contributed by atoms with Gasteiger partial charge in [-0.15, -0.1) is 0 Å². The first-order valence-electron chi connectivity index (χ1n) is 19.2. The van der Waals surface area contributed by atoms with Gasteiger partial charge < -0.3 is 26.0 Å². The van der Waals surface area contributed by atoms with Crippen molar-refractivity contribution >= 4 is 28.5 Å². The number of amides is 2. The SMILES string of the molecule is CCc1nc2c(cnn2CC)c(NC2CCOCC2)c1CNC(=O)CC(C)CC(=O)NCc1cccc(-c2cccc(CN3CCN[C@@H](C)C3)c2)c1. The van der Waals surface area contributed by atoms with Crippen molar-refractivity contribution in [2.75, 3.05) is 38.2 Å². The van der Waals surface area contributed by atoms with Gasteiger partial charge in [-0.25, -0.2) is 9.67 Å². The number of carbonyl (C=O) groups is 2. The molecule has 4 N–H and O–H groups in total. The van der Waals surface area contributed by atoms with E-state index >= 15 is 0 Å². The van der Waals surface area contributed by atoms with Gasteiger partial charge >= 0.3 is 0 Å². The zero-order chi connectivity index (χ0) is 36.5. The third-order valence-electron chi connectivity index (χ3n) is 10.2. The monoisotopic (exact) mass is 708 g/mol. The molecule has 0 bridgehead atoms. The van der Waals surface area contributed by atoms with Crippen molar-refractivity contribution in [2.45, 2.75) is 98.1 Å². The number of benzene rings is 2. The average Bonchev–Trinajstić information content (AvgIpc) is 3.57. The maximum Gasteiger partial charge on any atom is 0.220 e. The summed E-state index contributed by atoms with van der Waals surface area (Å²) in [6.07, 6.45) is 5.01. The zero-order valence-electron chi connectivity index (χ0n) is 31.3. The molecule has 11 heteroatoms. The van der Waals surface area contributed by atoms with Crippen molar-refractivity contribution in [3.63, 3.8) is 0 Å². The van der Waals surface area contributed by atoms with Gasteiger partial charge in [0.15, 0.2) is 5.65 Å². The highest BCUT2D eigenvalue weighted by Crippen LogP contribution is 2.31. The minimum atomic E-state index is -0.110. The molecule has 2 fully saturated rings. The third kappa shape index (κ3) is 9.76. The standard InChI is InChI=1S/C41H56N8O3/c1-5-37-35(40(46-34-13-17-52-18-14-34)36-25-45-49(6-2)41(36)47-37)24-44-39(51)20-28(3)19-38(50)43-23-30-9-7-11-32(21-30)33-12-8-10-31(22-33)27-48-16-15-42-29(4)26-48/h7-12,21-22,25,28-29,34,42H,5-6,13-20,23-24,26-27H2,1-4H3,(H,43,50)(H,44,51)(H,46,47)/t28?,29-/m0/s1.